The lowest BCUT2D eigenvalue weighted by Crippen LogP contribution is -2.52. The van der Waals surface area contributed by atoms with E-state index in [9.17, 15) is 20.1 Å². The van der Waals surface area contributed by atoms with E-state index in [0.717, 1.165) is 0 Å². The lowest BCUT2D eigenvalue weighted by Gasteiger charge is -2.34. The Morgan fingerprint density at radius 3 is 2.67 bits per heavy atom. The van der Waals surface area contributed by atoms with Gasteiger partial charge in [-0.15, -0.1) is 0 Å². The van der Waals surface area contributed by atoms with Crippen LogP contribution in [0, 0.1) is 0 Å². The molecule has 0 aliphatic carbocycles. The van der Waals surface area contributed by atoms with E-state index in [2.05, 4.69) is 0 Å². The third-order valence-corrected chi connectivity index (χ3v) is 2.22. The van der Waals surface area contributed by atoms with Crippen molar-refractivity contribution in [2.24, 2.45) is 0 Å². The first-order chi connectivity index (χ1) is 6.91. The Balaban J connectivity index is 3.15. The van der Waals surface area contributed by atoms with Gasteiger partial charge in [-0.05, 0) is 6.42 Å². The van der Waals surface area contributed by atoms with Gasteiger partial charge in [-0.25, -0.2) is 4.79 Å². The Bertz CT molecular complexity index is 293. The molecule has 0 aromatic heterocycles. The van der Waals surface area contributed by atoms with Crippen LogP contribution < -0.4 is 0 Å². The minimum absolute atomic E-state index is 0.0142. The summed E-state index contributed by atoms with van der Waals surface area (Å²) in [5.41, 5.74) is -0.678. The van der Waals surface area contributed by atoms with Crippen molar-refractivity contribution in [3.05, 3.63) is 11.3 Å². The van der Waals surface area contributed by atoms with Crippen molar-refractivity contribution in [2.75, 3.05) is 6.61 Å². The molecule has 0 spiro atoms. The largest absolute Gasteiger partial charge is 0.494 e. The molecule has 1 atom stereocenters. The van der Waals surface area contributed by atoms with E-state index in [-0.39, 0.29) is 18.8 Å². The second kappa shape index (κ2) is 4.18. The molecule has 1 unspecified atom stereocenters. The van der Waals surface area contributed by atoms with Crippen LogP contribution in [0.1, 0.15) is 19.8 Å². The van der Waals surface area contributed by atoms with Gasteiger partial charge in [-0.1, -0.05) is 6.92 Å². The minimum Gasteiger partial charge on any atom is -0.494 e. The van der Waals surface area contributed by atoms with Gasteiger partial charge < -0.3 is 25.2 Å². The molecule has 0 radical (unpaired) electrons. The Labute approximate surface area is 86.4 Å². The van der Waals surface area contributed by atoms with E-state index in [1.54, 1.807) is 6.92 Å². The molecular formula is C9H14O6. The van der Waals surface area contributed by atoms with Crippen LogP contribution >= 0.6 is 0 Å². The van der Waals surface area contributed by atoms with Crippen LogP contribution in [0.5, 0.6) is 0 Å². The van der Waals surface area contributed by atoms with Crippen LogP contribution in [0.2, 0.25) is 0 Å². The number of hydrogen-bond acceptors (Lipinski definition) is 5. The molecule has 0 aromatic rings. The number of hydrogen-bond donors (Lipinski definition) is 4. The number of aliphatic hydroxyl groups excluding tert-OH is 1. The molecule has 6 heteroatoms. The van der Waals surface area contributed by atoms with Crippen LogP contribution in [0.4, 0.5) is 0 Å². The van der Waals surface area contributed by atoms with Crippen LogP contribution in [0.15, 0.2) is 11.3 Å². The zero-order valence-corrected chi connectivity index (χ0v) is 8.30. The molecule has 0 saturated heterocycles. The molecule has 15 heavy (non-hydrogen) atoms. The zero-order chi connectivity index (χ0) is 11.6. The van der Waals surface area contributed by atoms with Gasteiger partial charge >= 0.3 is 5.97 Å². The smallest absolute Gasteiger partial charge is 0.340 e. The third-order valence-electron chi connectivity index (χ3n) is 2.22. The molecule has 1 rings (SSSR count). The summed E-state index contributed by atoms with van der Waals surface area (Å²) in [4.78, 5) is 10.8. The molecule has 1 aliphatic heterocycles. The van der Waals surface area contributed by atoms with Gasteiger partial charge in [0, 0.05) is 6.42 Å². The molecule has 1 aliphatic rings. The summed E-state index contributed by atoms with van der Waals surface area (Å²) in [7, 11) is 0. The van der Waals surface area contributed by atoms with Crippen LogP contribution in [-0.2, 0) is 9.53 Å². The van der Waals surface area contributed by atoms with Gasteiger partial charge in [0.1, 0.15) is 24.0 Å². The number of rotatable bonds is 3. The SMILES string of the molecule is CCCC1=C(C(=O)O)C(O)(O)C(O)CO1. The predicted octanol–water partition coefficient (Wildman–Crippen LogP) is -0.803. The Morgan fingerprint density at radius 2 is 2.20 bits per heavy atom. The molecule has 86 valence electrons. The Kier molecular flexibility index (Phi) is 3.33. The molecule has 4 N–H and O–H groups in total. The standard InChI is InChI=1S/C9H14O6/c1-2-3-5-7(8(11)12)9(13,14)6(10)4-15-5/h6,10,13-14H,2-4H2,1H3,(H,11,12). The lowest BCUT2D eigenvalue weighted by molar-refractivity contribution is -0.223. The number of carboxylic acid groups (broad SMARTS) is 1. The first-order valence-corrected chi connectivity index (χ1v) is 4.63. The highest BCUT2D eigenvalue weighted by molar-refractivity contribution is 5.89. The second-order valence-corrected chi connectivity index (χ2v) is 3.41. The normalized spacial score (nSPS) is 24.9. The summed E-state index contributed by atoms with van der Waals surface area (Å²) in [5, 5.41) is 37.0. The topological polar surface area (TPSA) is 107 Å². The van der Waals surface area contributed by atoms with Gasteiger partial charge in [0.15, 0.2) is 0 Å². The highest BCUT2D eigenvalue weighted by Crippen LogP contribution is 2.30. The van der Waals surface area contributed by atoms with Gasteiger partial charge in [0.25, 0.3) is 0 Å². The van der Waals surface area contributed by atoms with Gasteiger partial charge in [-0.2, -0.15) is 0 Å². The van der Waals surface area contributed by atoms with E-state index >= 15 is 0 Å². The third kappa shape index (κ3) is 2.11. The van der Waals surface area contributed by atoms with E-state index in [1.165, 1.54) is 0 Å². The van der Waals surface area contributed by atoms with Gasteiger partial charge in [0.05, 0.1) is 0 Å². The number of carbonyl (C=O) groups is 1. The average Bonchev–Trinajstić information content (AvgIpc) is 2.11. The van der Waals surface area contributed by atoms with Crippen LogP contribution in [0.25, 0.3) is 0 Å². The summed E-state index contributed by atoms with van der Waals surface area (Å²) in [6.07, 6.45) is -0.751. The minimum atomic E-state index is -2.74. The van der Waals surface area contributed by atoms with Crippen molar-refractivity contribution < 1.29 is 30.0 Å². The maximum Gasteiger partial charge on any atom is 0.340 e. The summed E-state index contributed by atoms with van der Waals surface area (Å²) >= 11 is 0. The molecular weight excluding hydrogens is 204 g/mol. The number of aliphatic hydroxyl groups is 3. The highest BCUT2D eigenvalue weighted by atomic mass is 16.6. The monoisotopic (exact) mass is 218 g/mol. The van der Waals surface area contributed by atoms with E-state index in [4.69, 9.17) is 9.84 Å². The maximum absolute atomic E-state index is 10.8. The fourth-order valence-electron chi connectivity index (χ4n) is 1.44. The van der Waals surface area contributed by atoms with Crippen molar-refractivity contribution in [1.29, 1.82) is 0 Å². The number of allylic oxidation sites excluding steroid dienone is 1. The van der Waals surface area contributed by atoms with E-state index in [0.29, 0.717) is 6.42 Å². The molecule has 6 nitrogen and oxygen atoms in total. The zero-order valence-electron chi connectivity index (χ0n) is 8.30. The fraction of sp³-hybridized carbons (Fsp3) is 0.667. The molecule has 0 amide bonds. The maximum atomic E-state index is 10.8. The quantitative estimate of drug-likeness (QED) is 0.462. The molecule has 0 bridgehead atoms. The summed E-state index contributed by atoms with van der Waals surface area (Å²) in [6.45, 7) is 1.48. The van der Waals surface area contributed by atoms with Crippen LogP contribution in [0.3, 0.4) is 0 Å². The lowest BCUT2D eigenvalue weighted by atomic mass is 9.95. The Morgan fingerprint density at radius 1 is 1.60 bits per heavy atom. The van der Waals surface area contributed by atoms with Gasteiger partial charge in [-0.3, -0.25) is 0 Å². The number of ether oxygens (including phenoxy) is 1. The van der Waals surface area contributed by atoms with Crippen molar-refractivity contribution in [1.82, 2.24) is 0 Å². The fourth-order valence-corrected chi connectivity index (χ4v) is 1.44. The predicted molar refractivity (Wildman–Crippen MR) is 48.7 cm³/mol. The summed E-state index contributed by atoms with van der Waals surface area (Å²) in [6, 6.07) is 0. The van der Waals surface area contributed by atoms with E-state index in [1.807, 2.05) is 0 Å². The molecule has 0 fully saturated rings. The average molecular weight is 218 g/mol. The van der Waals surface area contributed by atoms with Crippen LogP contribution in [-0.4, -0.2) is 44.9 Å². The van der Waals surface area contributed by atoms with Crippen molar-refractivity contribution in [2.45, 2.75) is 31.7 Å². The molecule has 0 aromatic carbocycles. The summed E-state index contributed by atoms with van der Waals surface area (Å²) < 4.78 is 4.97. The second-order valence-electron chi connectivity index (χ2n) is 3.41. The number of carboxylic acids is 1. The molecule has 1 heterocycles. The highest BCUT2D eigenvalue weighted by Gasteiger charge is 2.47. The molecule has 0 saturated carbocycles. The number of aliphatic carboxylic acids is 1. The summed E-state index contributed by atoms with van der Waals surface area (Å²) in [5.74, 6) is -4.23. The van der Waals surface area contributed by atoms with Gasteiger partial charge in [0.2, 0.25) is 5.79 Å². The van der Waals surface area contributed by atoms with Crippen molar-refractivity contribution in [3.63, 3.8) is 0 Å². The van der Waals surface area contributed by atoms with E-state index < -0.39 is 23.4 Å². The van der Waals surface area contributed by atoms with Crippen molar-refractivity contribution in [3.8, 4) is 0 Å². The first kappa shape index (κ1) is 12.0. The Hall–Kier alpha value is -1.11. The first-order valence-electron chi connectivity index (χ1n) is 4.63. The van der Waals surface area contributed by atoms with Crippen molar-refractivity contribution >= 4 is 5.97 Å².